The summed E-state index contributed by atoms with van der Waals surface area (Å²) in [6.45, 7) is 0.638. The number of benzene rings is 1. The highest BCUT2D eigenvalue weighted by atomic mass is 35.5. The van der Waals surface area contributed by atoms with Gasteiger partial charge in [0.2, 0.25) is 0 Å². The van der Waals surface area contributed by atoms with Crippen LogP contribution >= 0.6 is 22.9 Å². The van der Waals surface area contributed by atoms with E-state index in [1.165, 1.54) is 5.56 Å². The van der Waals surface area contributed by atoms with E-state index >= 15 is 0 Å². The minimum Gasteiger partial charge on any atom is -0.491 e. The summed E-state index contributed by atoms with van der Waals surface area (Å²) < 4.78 is 7.74. The highest BCUT2D eigenvalue weighted by Gasteiger charge is 2.22. The van der Waals surface area contributed by atoms with Gasteiger partial charge in [-0.25, -0.2) is 0 Å². The zero-order valence-corrected chi connectivity index (χ0v) is 15.2. The van der Waals surface area contributed by atoms with Crippen molar-refractivity contribution in [2.24, 2.45) is 0 Å². The summed E-state index contributed by atoms with van der Waals surface area (Å²) in [7, 11) is 0. The van der Waals surface area contributed by atoms with E-state index in [0.717, 1.165) is 39.1 Å². The van der Waals surface area contributed by atoms with Crippen LogP contribution < -0.4 is 4.74 Å². The van der Waals surface area contributed by atoms with Crippen LogP contribution in [-0.4, -0.2) is 26.4 Å². The molecule has 1 aromatic carbocycles. The molecular weight excluding hydrogens is 368 g/mol. The van der Waals surface area contributed by atoms with Crippen LogP contribution in [0.5, 0.6) is 5.75 Å². The molecule has 0 bridgehead atoms. The third kappa shape index (κ3) is 2.50. The molecule has 4 aromatic rings. The molecule has 26 heavy (non-hydrogen) atoms. The van der Waals surface area contributed by atoms with E-state index in [-0.39, 0.29) is 0 Å². The van der Waals surface area contributed by atoms with Gasteiger partial charge in [0.05, 0.1) is 27.1 Å². The summed E-state index contributed by atoms with van der Waals surface area (Å²) in [5.41, 5.74) is 2.97. The molecule has 128 valence electrons. The average Bonchev–Trinajstić information content (AvgIpc) is 3.26. The minimum atomic E-state index is 0.638. The van der Waals surface area contributed by atoms with Crippen molar-refractivity contribution in [3.05, 3.63) is 65.6 Å². The third-order valence-electron chi connectivity index (χ3n) is 4.30. The van der Waals surface area contributed by atoms with Crippen molar-refractivity contribution in [3.63, 3.8) is 0 Å². The monoisotopic (exact) mass is 380 g/mol. The van der Waals surface area contributed by atoms with Crippen LogP contribution in [0.15, 0.2) is 55.0 Å². The summed E-state index contributed by atoms with van der Waals surface area (Å²) in [4.78, 5) is 6.69. The van der Waals surface area contributed by atoms with Crippen LogP contribution in [0.2, 0.25) is 5.02 Å². The number of fused-ring (bicyclic) bond motifs is 3. The second kappa shape index (κ2) is 6.23. The Labute approximate surface area is 158 Å². The zero-order chi connectivity index (χ0) is 17.5. The number of thiophene rings is 1. The number of nitrogens with zero attached hydrogens (tertiary/aromatic N) is 4. The Bertz CT molecular complexity index is 1100. The van der Waals surface area contributed by atoms with Gasteiger partial charge >= 0.3 is 0 Å². The van der Waals surface area contributed by atoms with Gasteiger partial charge < -0.3 is 4.74 Å². The molecule has 7 heteroatoms. The summed E-state index contributed by atoms with van der Waals surface area (Å²) in [5.74, 6) is 1.60. The first-order chi connectivity index (χ1) is 12.8. The molecule has 3 aromatic heterocycles. The number of rotatable bonds is 2. The van der Waals surface area contributed by atoms with Gasteiger partial charge in [0.1, 0.15) is 17.8 Å². The molecule has 1 aliphatic rings. The van der Waals surface area contributed by atoms with Gasteiger partial charge in [-0.3, -0.25) is 9.55 Å². The second-order valence-electron chi connectivity index (χ2n) is 5.89. The van der Waals surface area contributed by atoms with Gasteiger partial charge in [0, 0.05) is 12.6 Å². The Balaban J connectivity index is 1.66. The Hall–Kier alpha value is -2.70. The first-order valence-electron chi connectivity index (χ1n) is 8.17. The van der Waals surface area contributed by atoms with E-state index in [9.17, 15) is 0 Å². The van der Waals surface area contributed by atoms with Crippen LogP contribution in [0.4, 0.5) is 0 Å². The van der Waals surface area contributed by atoms with Gasteiger partial charge in [-0.1, -0.05) is 23.7 Å². The van der Waals surface area contributed by atoms with Crippen LogP contribution in [0.25, 0.3) is 27.0 Å². The maximum Gasteiger partial charge on any atom is 0.178 e. The number of pyridine rings is 1. The molecule has 5 nitrogen and oxygen atoms in total. The lowest BCUT2D eigenvalue weighted by Gasteiger charge is -2.07. The molecule has 0 unspecified atom stereocenters. The molecule has 0 N–H and O–H groups in total. The minimum absolute atomic E-state index is 0.638. The van der Waals surface area contributed by atoms with E-state index in [4.69, 9.17) is 16.3 Å². The van der Waals surface area contributed by atoms with Gasteiger partial charge in [-0.05, 0) is 35.9 Å². The standard InChI is InChI=1S/C19H13ClN4OS/c20-13-4-1-2-5-14(13)24-11-22-23-19(24)16-10-12-7-9-25-15-6-3-8-21-17(15)18(12)26-16/h1-6,8,10-11H,7,9H2. The number of para-hydroxylation sites is 1. The first-order valence-corrected chi connectivity index (χ1v) is 9.37. The summed E-state index contributed by atoms with van der Waals surface area (Å²) in [6, 6.07) is 13.7. The van der Waals surface area contributed by atoms with E-state index in [2.05, 4.69) is 21.2 Å². The predicted molar refractivity (Wildman–Crippen MR) is 102 cm³/mol. The molecule has 0 saturated heterocycles. The van der Waals surface area contributed by atoms with Gasteiger partial charge in [0.25, 0.3) is 0 Å². The van der Waals surface area contributed by atoms with Crippen molar-refractivity contribution < 1.29 is 4.74 Å². The van der Waals surface area contributed by atoms with Crippen molar-refractivity contribution in [1.29, 1.82) is 0 Å². The average molecular weight is 381 g/mol. The molecule has 4 heterocycles. The lowest BCUT2D eigenvalue weighted by Crippen LogP contribution is -1.98. The number of halogens is 1. The maximum atomic E-state index is 6.37. The number of ether oxygens (including phenoxy) is 1. The fourth-order valence-corrected chi connectivity index (χ4v) is 4.52. The van der Waals surface area contributed by atoms with E-state index < -0.39 is 0 Å². The molecular formula is C19H13ClN4OS. The van der Waals surface area contributed by atoms with E-state index in [1.807, 2.05) is 41.0 Å². The quantitative estimate of drug-likeness (QED) is 0.508. The molecule has 5 rings (SSSR count). The van der Waals surface area contributed by atoms with Gasteiger partial charge in [-0.2, -0.15) is 0 Å². The highest BCUT2D eigenvalue weighted by molar-refractivity contribution is 7.19. The van der Waals surface area contributed by atoms with Crippen LogP contribution in [-0.2, 0) is 6.42 Å². The number of aromatic nitrogens is 4. The summed E-state index contributed by atoms with van der Waals surface area (Å²) >= 11 is 8.02. The maximum absolute atomic E-state index is 6.37. The molecule has 0 aliphatic carbocycles. The van der Waals surface area contributed by atoms with Crippen molar-refractivity contribution in [2.45, 2.75) is 6.42 Å². The predicted octanol–water partition coefficient (Wildman–Crippen LogP) is 4.65. The molecule has 0 fully saturated rings. The summed E-state index contributed by atoms with van der Waals surface area (Å²) in [5, 5.41) is 9.10. The summed E-state index contributed by atoms with van der Waals surface area (Å²) in [6.07, 6.45) is 4.32. The van der Waals surface area contributed by atoms with E-state index in [1.54, 1.807) is 23.9 Å². The smallest absolute Gasteiger partial charge is 0.178 e. The van der Waals surface area contributed by atoms with Crippen molar-refractivity contribution in [2.75, 3.05) is 6.61 Å². The zero-order valence-electron chi connectivity index (χ0n) is 13.6. The Morgan fingerprint density at radius 1 is 1.15 bits per heavy atom. The fraction of sp³-hybridized carbons (Fsp3) is 0.105. The van der Waals surface area contributed by atoms with Crippen molar-refractivity contribution in [1.82, 2.24) is 19.7 Å². The topological polar surface area (TPSA) is 52.8 Å². The molecule has 0 atom stereocenters. The largest absolute Gasteiger partial charge is 0.491 e. The third-order valence-corrected chi connectivity index (χ3v) is 5.80. The van der Waals surface area contributed by atoms with Crippen molar-refractivity contribution >= 4 is 22.9 Å². The Kier molecular flexibility index (Phi) is 3.72. The van der Waals surface area contributed by atoms with Crippen LogP contribution in [0.3, 0.4) is 0 Å². The Morgan fingerprint density at radius 2 is 2.08 bits per heavy atom. The van der Waals surface area contributed by atoms with E-state index in [0.29, 0.717) is 11.6 Å². The molecule has 0 spiro atoms. The Morgan fingerprint density at radius 3 is 3.00 bits per heavy atom. The highest BCUT2D eigenvalue weighted by Crippen LogP contribution is 2.42. The van der Waals surface area contributed by atoms with Gasteiger partial charge in [-0.15, -0.1) is 21.5 Å². The molecule has 0 radical (unpaired) electrons. The fourth-order valence-electron chi connectivity index (χ4n) is 3.10. The number of hydrogen-bond donors (Lipinski definition) is 0. The number of hydrogen-bond acceptors (Lipinski definition) is 5. The lowest BCUT2D eigenvalue weighted by molar-refractivity contribution is 0.325. The van der Waals surface area contributed by atoms with Crippen LogP contribution in [0, 0.1) is 0 Å². The first kappa shape index (κ1) is 15.5. The SMILES string of the molecule is Clc1ccccc1-n1cnnc1-c1cc2c(s1)-c1ncccc1OCC2. The second-order valence-corrected chi connectivity index (χ2v) is 7.35. The van der Waals surface area contributed by atoms with Gasteiger partial charge in [0.15, 0.2) is 5.82 Å². The lowest BCUT2D eigenvalue weighted by atomic mass is 10.1. The molecule has 0 amide bonds. The molecule has 0 saturated carbocycles. The van der Waals surface area contributed by atoms with Crippen molar-refractivity contribution in [3.8, 4) is 32.7 Å². The molecule has 1 aliphatic heterocycles. The normalized spacial score (nSPS) is 12.8. The van der Waals surface area contributed by atoms with Crippen LogP contribution in [0.1, 0.15) is 5.56 Å².